The number of halogens is 3. The molecule has 0 spiro atoms. The summed E-state index contributed by atoms with van der Waals surface area (Å²) in [6.45, 7) is 9.39. The van der Waals surface area contributed by atoms with Crippen molar-refractivity contribution in [3.05, 3.63) is 82.9 Å². The molecule has 2 aromatic rings. The van der Waals surface area contributed by atoms with Gasteiger partial charge in [0.15, 0.2) is 23.5 Å². The molecule has 3 aliphatic heterocycles. The lowest BCUT2D eigenvalue weighted by molar-refractivity contribution is -0.345. The third-order valence-corrected chi connectivity index (χ3v) is 15.3. The molecule has 354 valence electrons. The molecule has 3 saturated heterocycles. The van der Waals surface area contributed by atoms with Gasteiger partial charge in [0.05, 0.1) is 30.8 Å². The summed E-state index contributed by atoms with van der Waals surface area (Å²) in [6, 6.07) is 11.7. The maximum absolute atomic E-state index is 14.8. The van der Waals surface area contributed by atoms with Crippen LogP contribution in [0, 0.1) is 16.7 Å². The highest BCUT2D eigenvalue weighted by molar-refractivity contribution is 5.95. The van der Waals surface area contributed by atoms with Gasteiger partial charge in [-0.1, -0.05) is 57.2 Å². The number of nitrogens with zero attached hydrogens (tertiary/aromatic N) is 1. The van der Waals surface area contributed by atoms with Crippen LogP contribution >= 0.6 is 0 Å². The number of benzene rings is 2. The summed E-state index contributed by atoms with van der Waals surface area (Å²) in [6.07, 6.45) is -11.3. The minimum absolute atomic E-state index is 0.0909. The molecule has 2 aromatic carbocycles. The fraction of sp³-hybridized carbons (Fsp3) is 0.617. The Morgan fingerprint density at radius 2 is 1.62 bits per heavy atom. The Morgan fingerprint density at radius 1 is 0.969 bits per heavy atom. The number of carbonyl (C=O) groups is 4. The van der Waals surface area contributed by atoms with Crippen LogP contribution in [-0.2, 0) is 38.0 Å². The molecule has 0 radical (unpaired) electrons. The normalized spacial score (nSPS) is 36.4. The van der Waals surface area contributed by atoms with Crippen molar-refractivity contribution in [3.63, 3.8) is 0 Å². The van der Waals surface area contributed by atoms with Crippen LogP contribution in [0.5, 0.6) is 0 Å². The number of likely N-dealkylation sites (tertiary alicyclic amines) is 1. The minimum Gasteiger partial charge on any atom is -0.456 e. The molecule has 0 unspecified atom stereocenters. The van der Waals surface area contributed by atoms with Crippen molar-refractivity contribution in [1.82, 2.24) is 10.2 Å². The maximum atomic E-state index is 14.8. The van der Waals surface area contributed by atoms with E-state index in [1.54, 1.807) is 50.4 Å². The van der Waals surface area contributed by atoms with Crippen molar-refractivity contribution in [1.29, 1.82) is 0 Å². The summed E-state index contributed by atoms with van der Waals surface area (Å²) >= 11 is 0. The number of hydrogen-bond acceptors (Lipinski definition) is 14. The third-order valence-electron chi connectivity index (χ3n) is 15.3. The highest BCUT2D eigenvalue weighted by Gasteiger charge is 2.77. The number of amides is 1. The second-order valence-corrected chi connectivity index (χ2v) is 19.4. The van der Waals surface area contributed by atoms with Crippen LogP contribution in [-0.4, -0.2) is 142 Å². The lowest BCUT2D eigenvalue weighted by Gasteiger charge is -2.68. The van der Waals surface area contributed by atoms with E-state index in [0.29, 0.717) is 31.9 Å². The molecule has 5 fully saturated rings. The molecule has 6 aliphatic rings. The molecule has 13 atom stereocenters. The highest BCUT2D eigenvalue weighted by Crippen LogP contribution is 2.67. The predicted octanol–water partition coefficient (Wildman–Crippen LogP) is 4.02. The zero-order valence-corrected chi connectivity index (χ0v) is 37.1. The number of aliphatic hydroxyl groups excluding tert-OH is 1. The standard InChI is InChI=1S/C47H57F3N2O13/c1-25-30(61-41(57)44(6,58)40(47(48,49)50)51-38(55)27-13-9-7-10-14-27)21-46(59)37(64-39(56)28-15-11-8-12-16-28)35-43(5,19-17-31-45(35,24-60-31)65-26(2)54)36-34(33(25)42(46,3)4)62-32(63-36)22-52-20-18-29(52)23-53/h7-16,29-32,34-37,40,53,58-59H,17-24H2,1-6H3,(H,51,55)/t29-,30-,31+,32+,34+,35-,36+,37-,40+,43+,44+,45-,46+/m0/s1. The number of nitrogens with one attached hydrogen (secondary N) is 1. The van der Waals surface area contributed by atoms with Crippen molar-refractivity contribution < 1.29 is 76.1 Å². The van der Waals surface area contributed by atoms with Crippen molar-refractivity contribution in [2.45, 2.75) is 139 Å². The van der Waals surface area contributed by atoms with E-state index in [4.69, 9.17) is 28.4 Å². The molecule has 2 bridgehead atoms. The molecule has 15 nitrogen and oxygen atoms in total. The molecule has 18 heteroatoms. The lowest BCUT2D eigenvalue weighted by atomic mass is 9.45. The van der Waals surface area contributed by atoms with Crippen LogP contribution in [0.1, 0.15) is 87.9 Å². The quantitative estimate of drug-likeness (QED) is 0.143. The maximum Gasteiger partial charge on any atom is 0.412 e. The number of fused-ring (bicyclic) bond motifs is 8. The number of hydrogen-bond donors (Lipinski definition) is 4. The molecular formula is C47H57F3N2O13. The van der Waals surface area contributed by atoms with Gasteiger partial charge in [0.25, 0.3) is 5.91 Å². The van der Waals surface area contributed by atoms with Crippen LogP contribution in [0.2, 0.25) is 0 Å². The minimum atomic E-state index is -5.36. The van der Waals surface area contributed by atoms with E-state index in [-0.39, 0.29) is 42.5 Å². The van der Waals surface area contributed by atoms with Gasteiger partial charge in [0, 0.05) is 48.9 Å². The van der Waals surface area contributed by atoms with E-state index in [2.05, 4.69) is 0 Å². The molecule has 3 heterocycles. The number of aliphatic hydroxyl groups is 3. The third kappa shape index (κ3) is 7.75. The summed E-state index contributed by atoms with van der Waals surface area (Å²) in [5.74, 6) is -5.60. The van der Waals surface area contributed by atoms with Gasteiger partial charge in [0.1, 0.15) is 30.0 Å². The van der Waals surface area contributed by atoms with Gasteiger partial charge < -0.3 is 49.1 Å². The monoisotopic (exact) mass is 914 g/mol. The van der Waals surface area contributed by atoms with E-state index in [1.807, 2.05) is 11.8 Å². The number of esters is 3. The smallest absolute Gasteiger partial charge is 0.412 e. The Labute approximate surface area is 374 Å². The first-order chi connectivity index (χ1) is 30.5. The fourth-order valence-electron chi connectivity index (χ4n) is 11.6. The van der Waals surface area contributed by atoms with Gasteiger partial charge in [-0.2, -0.15) is 13.2 Å². The molecule has 65 heavy (non-hydrogen) atoms. The first kappa shape index (κ1) is 47.1. The van der Waals surface area contributed by atoms with Crippen LogP contribution in [0.15, 0.2) is 71.8 Å². The lowest BCUT2D eigenvalue weighted by Crippen LogP contribution is -2.79. The van der Waals surface area contributed by atoms with Crippen molar-refractivity contribution >= 4 is 23.8 Å². The van der Waals surface area contributed by atoms with Crippen LogP contribution in [0.3, 0.4) is 0 Å². The number of carbonyl (C=O) groups excluding carboxylic acids is 4. The van der Waals surface area contributed by atoms with Gasteiger partial charge in [-0.05, 0) is 68.5 Å². The van der Waals surface area contributed by atoms with Crippen LogP contribution in [0.4, 0.5) is 13.2 Å². The zero-order chi connectivity index (χ0) is 47.1. The molecular weight excluding hydrogens is 858 g/mol. The van der Waals surface area contributed by atoms with Gasteiger partial charge in [-0.15, -0.1) is 0 Å². The number of ether oxygens (including phenoxy) is 6. The Kier molecular flexibility index (Phi) is 12.1. The summed E-state index contributed by atoms with van der Waals surface area (Å²) in [7, 11) is 0. The molecule has 1 amide bonds. The second-order valence-electron chi connectivity index (χ2n) is 19.4. The van der Waals surface area contributed by atoms with E-state index in [1.165, 1.54) is 43.3 Å². The average Bonchev–Trinajstić information content (AvgIpc) is 3.65. The van der Waals surface area contributed by atoms with E-state index in [9.17, 15) is 47.7 Å². The molecule has 4 N–H and O–H groups in total. The Morgan fingerprint density at radius 3 is 2.17 bits per heavy atom. The SMILES string of the molecule is CC(=O)O[C@@]12CO[C@@H]1CC[C@@]1(C)[C@@H]3O[C@H](CN4CC[C@H]4CO)O[C@@H]3C3=C(C)[C@@H](OC(=O)[C@](C)(O)[C@@H](NC(=O)c4ccccc4)C(F)(F)F)C[C@@](O)([C@@H](OC(=O)c4ccccc4)[C@@H]12)C3(C)C. The second kappa shape index (κ2) is 16.7. The average molecular weight is 915 g/mol. The first-order valence-electron chi connectivity index (χ1n) is 22.0. The zero-order valence-electron chi connectivity index (χ0n) is 37.1. The highest BCUT2D eigenvalue weighted by atomic mass is 19.4. The van der Waals surface area contributed by atoms with Gasteiger partial charge in [-0.25, -0.2) is 9.59 Å². The van der Waals surface area contributed by atoms with E-state index >= 15 is 0 Å². The number of rotatable bonds is 11. The van der Waals surface area contributed by atoms with Gasteiger partial charge in [0.2, 0.25) is 0 Å². The summed E-state index contributed by atoms with van der Waals surface area (Å²) in [4.78, 5) is 56.9. The summed E-state index contributed by atoms with van der Waals surface area (Å²) < 4.78 is 83.2. The van der Waals surface area contributed by atoms with Crippen LogP contribution in [0.25, 0.3) is 0 Å². The van der Waals surface area contributed by atoms with E-state index in [0.717, 1.165) is 6.42 Å². The first-order valence-corrected chi connectivity index (χ1v) is 22.0. The van der Waals surface area contributed by atoms with Crippen molar-refractivity contribution in [2.24, 2.45) is 16.7 Å². The molecule has 3 aliphatic carbocycles. The molecule has 2 saturated carbocycles. The van der Waals surface area contributed by atoms with Gasteiger partial charge in [-0.3, -0.25) is 14.5 Å². The Hall–Kier alpha value is -4.43. The molecule has 0 aromatic heterocycles. The Balaban J connectivity index is 1.27. The fourth-order valence-corrected chi connectivity index (χ4v) is 11.6. The molecule has 8 rings (SSSR count). The Bertz CT molecular complexity index is 2200. The predicted molar refractivity (Wildman–Crippen MR) is 222 cm³/mol. The summed E-state index contributed by atoms with van der Waals surface area (Å²) in [5, 5.41) is 37.2. The van der Waals surface area contributed by atoms with Crippen LogP contribution < -0.4 is 5.32 Å². The summed E-state index contributed by atoms with van der Waals surface area (Å²) in [5.41, 5.74) is -9.22. The largest absolute Gasteiger partial charge is 0.456 e. The van der Waals surface area contributed by atoms with Crippen molar-refractivity contribution in [2.75, 3.05) is 26.3 Å². The number of alkyl halides is 3. The van der Waals surface area contributed by atoms with E-state index < -0.39 is 113 Å². The van der Waals surface area contributed by atoms with Gasteiger partial charge >= 0.3 is 24.1 Å². The van der Waals surface area contributed by atoms with Crippen molar-refractivity contribution in [3.8, 4) is 0 Å². The topological polar surface area (TPSA) is 200 Å².